The van der Waals surface area contributed by atoms with Gasteiger partial charge in [-0.3, -0.25) is 9.59 Å². The average Bonchev–Trinajstić information content (AvgIpc) is 3.03. The summed E-state index contributed by atoms with van der Waals surface area (Å²) in [5.74, 6) is -0.361. The molecule has 0 aliphatic heterocycles. The van der Waals surface area contributed by atoms with Gasteiger partial charge in [-0.05, 0) is 36.4 Å². The Labute approximate surface area is 143 Å². The summed E-state index contributed by atoms with van der Waals surface area (Å²) in [6, 6.07) is 15.5. The minimum Gasteiger partial charge on any atom is -0.290 e. The SMILES string of the molecule is O=C(Cn1c[n+](NC(=O)c2ccccc2)cn1)c1ccc(Cl)cc1. The Morgan fingerprint density at radius 1 is 1.04 bits per heavy atom. The standard InChI is InChI=1S/C17H13ClN4O2/c18-15-8-6-13(7-9-15)16(23)10-21-12-22(11-19-21)20-17(24)14-4-2-1-3-5-14/h1-9,11-12H,10H2/p+1. The number of rotatable bonds is 5. The Bertz CT molecular complexity index is 860. The summed E-state index contributed by atoms with van der Waals surface area (Å²) in [7, 11) is 0. The molecule has 0 atom stereocenters. The molecule has 1 aromatic heterocycles. The van der Waals surface area contributed by atoms with Crippen LogP contribution in [0.2, 0.25) is 5.02 Å². The third-order valence-corrected chi connectivity index (χ3v) is 3.57. The summed E-state index contributed by atoms with van der Waals surface area (Å²) in [5.41, 5.74) is 3.75. The molecule has 1 heterocycles. The normalized spacial score (nSPS) is 10.4. The highest BCUT2D eigenvalue weighted by Gasteiger charge is 2.15. The number of nitrogens with zero attached hydrogens (tertiary/aromatic N) is 3. The maximum absolute atomic E-state index is 12.2. The molecule has 1 N–H and O–H groups in total. The molecule has 0 aliphatic rings. The molecule has 3 rings (SSSR count). The first-order valence-corrected chi connectivity index (χ1v) is 7.58. The second-order valence-corrected chi connectivity index (χ2v) is 5.52. The highest BCUT2D eigenvalue weighted by atomic mass is 35.5. The number of carbonyl (C=O) groups is 2. The van der Waals surface area contributed by atoms with Gasteiger partial charge in [0.1, 0.15) is 0 Å². The van der Waals surface area contributed by atoms with Gasteiger partial charge in [0, 0.05) is 21.2 Å². The van der Waals surface area contributed by atoms with Crippen LogP contribution in [0, 0.1) is 0 Å². The van der Waals surface area contributed by atoms with Gasteiger partial charge in [0.2, 0.25) is 6.33 Å². The van der Waals surface area contributed by atoms with Crippen LogP contribution in [0.15, 0.2) is 67.3 Å². The van der Waals surface area contributed by atoms with E-state index in [0.717, 1.165) is 0 Å². The topological polar surface area (TPSA) is 67.9 Å². The lowest BCUT2D eigenvalue weighted by Gasteiger charge is -2.00. The van der Waals surface area contributed by atoms with Gasteiger partial charge >= 0.3 is 0 Å². The molecule has 6 nitrogen and oxygen atoms in total. The van der Waals surface area contributed by atoms with Crippen molar-refractivity contribution in [3.05, 3.63) is 83.4 Å². The number of benzene rings is 2. The number of Topliss-reactive ketones (excluding diaryl/α,β-unsaturated/α-hetero) is 1. The summed E-state index contributed by atoms with van der Waals surface area (Å²) >= 11 is 5.81. The first-order chi connectivity index (χ1) is 11.6. The highest BCUT2D eigenvalue weighted by Crippen LogP contribution is 2.10. The van der Waals surface area contributed by atoms with Crippen molar-refractivity contribution in [2.75, 3.05) is 5.43 Å². The molecule has 7 heteroatoms. The fourth-order valence-electron chi connectivity index (χ4n) is 2.11. The van der Waals surface area contributed by atoms with Gasteiger partial charge in [-0.25, -0.2) is 5.43 Å². The van der Waals surface area contributed by atoms with E-state index in [4.69, 9.17) is 11.6 Å². The number of carbonyl (C=O) groups excluding carboxylic acids is 2. The lowest BCUT2D eigenvalue weighted by atomic mass is 10.1. The second-order valence-electron chi connectivity index (χ2n) is 5.09. The van der Waals surface area contributed by atoms with Crippen molar-refractivity contribution < 1.29 is 14.3 Å². The molecular formula is C17H14ClN4O2+. The van der Waals surface area contributed by atoms with E-state index < -0.39 is 0 Å². The third kappa shape index (κ3) is 3.85. The summed E-state index contributed by atoms with van der Waals surface area (Å²) in [6.45, 7) is 0.0653. The highest BCUT2D eigenvalue weighted by molar-refractivity contribution is 6.30. The smallest absolute Gasteiger partial charge is 0.287 e. The van der Waals surface area contributed by atoms with Crippen molar-refractivity contribution in [2.45, 2.75) is 6.54 Å². The van der Waals surface area contributed by atoms with E-state index in [1.807, 2.05) is 6.07 Å². The molecule has 2 aromatic carbocycles. The molecule has 0 spiro atoms. The van der Waals surface area contributed by atoms with Crippen LogP contribution < -0.4 is 10.1 Å². The predicted octanol–water partition coefficient (Wildman–Crippen LogP) is 2.09. The molecule has 0 aliphatic carbocycles. The molecule has 0 saturated heterocycles. The van der Waals surface area contributed by atoms with Crippen molar-refractivity contribution in [3.63, 3.8) is 0 Å². The lowest BCUT2D eigenvalue weighted by molar-refractivity contribution is -0.642. The monoisotopic (exact) mass is 341 g/mol. The number of halogens is 1. The van der Waals surface area contributed by atoms with Crippen LogP contribution in [0.3, 0.4) is 0 Å². The molecule has 0 fully saturated rings. The number of amides is 1. The number of hydrogen-bond acceptors (Lipinski definition) is 3. The van der Waals surface area contributed by atoms with E-state index in [1.54, 1.807) is 48.5 Å². The van der Waals surface area contributed by atoms with Gasteiger partial charge in [0.25, 0.3) is 12.2 Å². The van der Waals surface area contributed by atoms with Crippen LogP contribution >= 0.6 is 11.6 Å². The van der Waals surface area contributed by atoms with Crippen molar-refractivity contribution in [2.24, 2.45) is 0 Å². The number of hydrogen-bond donors (Lipinski definition) is 1. The minimum atomic E-state index is -0.260. The van der Waals surface area contributed by atoms with E-state index in [2.05, 4.69) is 10.5 Å². The minimum absolute atomic E-state index is 0.0653. The molecule has 0 unspecified atom stereocenters. The van der Waals surface area contributed by atoms with Crippen molar-refractivity contribution in [3.8, 4) is 0 Å². The quantitative estimate of drug-likeness (QED) is 0.571. The van der Waals surface area contributed by atoms with E-state index in [1.165, 1.54) is 22.0 Å². The molecule has 1 amide bonds. The van der Waals surface area contributed by atoms with Gasteiger partial charge in [-0.1, -0.05) is 29.8 Å². The number of ketones is 1. The van der Waals surface area contributed by atoms with Gasteiger partial charge in [0.05, 0.1) is 0 Å². The molecule has 3 aromatic rings. The molecular weight excluding hydrogens is 328 g/mol. The van der Waals surface area contributed by atoms with E-state index in [0.29, 0.717) is 16.1 Å². The van der Waals surface area contributed by atoms with Crippen LogP contribution in [0.5, 0.6) is 0 Å². The van der Waals surface area contributed by atoms with E-state index in [9.17, 15) is 9.59 Å². The fourth-order valence-corrected chi connectivity index (χ4v) is 2.24. The number of nitrogens with one attached hydrogen (secondary N) is 1. The maximum atomic E-state index is 12.2. The summed E-state index contributed by atoms with van der Waals surface area (Å²) in [5, 5.41) is 4.64. The second kappa shape index (κ2) is 7.06. The van der Waals surface area contributed by atoms with Crippen molar-refractivity contribution in [1.82, 2.24) is 9.78 Å². The van der Waals surface area contributed by atoms with Gasteiger partial charge < -0.3 is 0 Å². The molecule has 0 radical (unpaired) electrons. The van der Waals surface area contributed by atoms with E-state index in [-0.39, 0.29) is 18.2 Å². The van der Waals surface area contributed by atoms with Crippen LogP contribution in [0.25, 0.3) is 0 Å². The van der Waals surface area contributed by atoms with Gasteiger partial charge in [-0.15, -0.1) is 9.36 Å². The lowest BCUT2D eigenvalue weighted by Crippen LogP contribution is -2.46. The fraction of sp³-hybridized carbons (Fsp3) is 0.0588. The zero-order chi connectivity index (χ0) is 16.9. The third-order valence-electron chi connectivity index (χ3n) is 3.32. The van der Waals surface area contributed by atoms with Gasteiger partial charge in [0.15, 0.2) is 12.3 Å². The van der Waals surface area contributed by atoms with Crippen LogP contribution in [-0.2, 0) is 6.54 Å². The molecule has 0 saturated carbocycles. The van der Waals surface area contributed by atoms with Gasteiger partial charge in [-0.2, -0.15) is 0 Å². The van der Waals surface area contributed by atoms with E-state index >= 15 is 0 Å². The maximum Gasteiger partial charge on any atom is 0.287 e. The molecule has 120 valence electrons. The van der Waals surface area contributed by atoms with Crippen LogP contribution in [0.1, 0.15) is 20.7 Å². The Hall–Kier alpha value is -2.99. The summed E-state index contributed by atoms with van der Waals surface area (Å²) < 4.78 is 2.85. The zero-order valence-electron chi connectivity index (χ0n) is 12.6. The van der Waals surface area contributed by atoms with Crippen LogP contribution in [0.4, 0.5) is 0 Å². The predicted molar refractivity (Wildman–Crippen MR) is 88.3 cm³/mol. The number of aromatic nitrogens is 3. The first kappa shape index (κ1) is 15.9. The molecule has 24 heavy (non-hydrogen) atoms. The van der Waals surface area contributed by atoms with Crippen molar-refractivity contribution >= 4 is 23.3 Å². The Kier molecular flexibility index (Phi) is 4.67. The largest absolute Gasteiger partial charge is 0.290 e. The first-order valence-electron chi connectivity index (χ1n) is 7.21. The van der Waals surface area contributed by atoms with Crippen LogP contribution in [-0.4, -0.2) is 21.5 Å². The Balaban J connectivity index is 1.64. The van der Waals surface area contributed by atoms with Crippen molar-refractivity contribution in [1.29, 1.82) is 0 Å². The zero-order valence-corrected chi connectivity index (χ0v) is 13.3. The Morgan fingerprint density at radius 3 is 2.46 bits per heavy atom. The molecule has 0 bridgehead atoms. The summed E-state index contributed by atoms with van der Waals surface area (Å²) in [6.07, 6.45) is 2.96. The Morgan fingerprint density at radius 2 is 1.75 bits per heavy atom. The average molecular weight is 342 g/mol. The summed E-state index contributed by atoms with van der Waals surface area (Å²) in [4.78, 5) is 24.2.